The number of hydrogen-bond acceptors (Lipinski definition) is 7. The minimum Gasteiger partial charge on any atom is -0.481 e. The molecule has 0 radical (unpaired) electrons. The zero-order valence-electron chi connectivity index (χ0n) is 22.8. The van der Waals surface area contributed by atoms with Gasteiger partial charge in [-0.25, -0.2) is 4.79 Å². The summed E-state index contributed by atoms with van der Waals surface area (Å²) in [7, 11) is 1.62. The van der Waals surface area contributed by atoms with E-state index in [2.05, 4.69) is 10.6 Å². The van der Waals surface area contributed by atoms with Crippen LogP contribution >= 0.6 is 0 Å². The lowest BCUT2D eigenvalue weighted by atomic mass is 9.76. The van der Waals surface area contributed by atoms with Gasteiger partial charge in [0.2, 0.25) is 5.91 Å². The Balaban J connectivity index is 1.57. The van der Waals surface area contributed by atoms with Gasteiger partial charge in [-0.05, 0) is 95.1 Å². The summed E-state index contributed by atoms with van der Waals surface area (Å²) in [6, 6.07) is 3.59. The normalized spacial score (nSPS) is 24.7. The van der Waals surface area contributed by atoms with E-state index >= 15 is 0 Å². The lowest BCUT2D eigenvalue weighted by Crippen LogP contribution is -2.53. The fourth-order valence-corrected chi connectivity index (χ4v) is 5.90. The van der Waals surface area contributed by atoms with Crippen molar-refractivity contribution in [2.75, 3.05) is 32.0 Å². The number of aliphatic carboxylic acids is 1. The molecule has 3 aliphatic rings. The van der Waals surface area contributed by atoms with Gasteiger partial charge in [0.25, 0.3) is 5.91 Å². The fourth-order valence-electron chi connectivity index (χ4n) is 5.90. The summed E-state index contributed by atoms with van der Waals surface area (Å²) >= 11 is 0. The molecule has 10 nitrogen and oxygen atoms in total. The number of carbonyl (C=O) groups is 4. The van der Waals surface area contributed by atoms with E-state index in [0.717, 1.165) is 37.9 Å². The van der Waals surface area contributed by atoms with E-state index in [1.165, 1.54) is 4.90 Å². The highest BCUT2D eigenvalue weighted by Gasteiger charge is 2.41. The Labute approximate surface area is 224 Å². The molecule has 0 bridgehead atoms. The number of benzene rings is 1. The van der Waals surface area contributed by atoms with Gasteiger partial charge in [-0.2, -0.15) is 0 Å². The molecule has 3 aliphatic heterocycles. The lowest BCUT2D eigenvalue weighted by molar-refractivity contribution is -0.162. The van der Waals surface area contributed by atoms with Crippen molar-refractivity contribution in [2.24, 2.45) is 11.8 Å². The number of carboxylic acids is 1. The number of likely N-dealkylation sites (N-methyl/N-ethyl adjacent to an activating group) is 1. The standard InChI is InChI=1S/C28H40N4O6/c1-28(2,3)38-27(37)23-14-18(17-7-10-29-11-8-17)9-12-32(23)25(35)19-5-6-21-20(13-19)16-31(4)26(36)22(30-21)15-24(33)34/h5-6,13,17-18,22-23,29-30H,7-12,14-16H2,1-4H3,(H,33,34)/t18?,22-,23+/m0/s1. The molecule has 2 fully saturated rings. The molecule has 1 unspecified atom stereocenters. The average Bonchev–Trinajstić information content (AvgIpc) is 2.98. The molecule has 10 heteroatoms. The van der Waals surface area contributed by atoms with Crippen molar-refractivity contribution in [2.45, 2.75) is 77.1 Å². The van der Waals surface area contributed by atoms with Crippen LogP contribution in [0.5, 0.6) is 0 Å². The van der Waals surface area contributed by atoms with Gasteiger partial charge in [0.15, 0.2) is 0 Å². The minimum absolute atomic E-state index is 0.242. The number of piperidine rings is 2. The first kappa shape index (κ1) is 27.9. The van der Waals surface area contributed by atoms with Crippen LogP contribution in [0.25, 0.3) is 0 Å². The van der Waals surface area contributed by atoms with Gasteiger partial charge in [-0.15, -0.1) is 0 Å². The summed E-state index contributed by atoms with van der Waals surface area (Å²) in [5.74, 6) is -1.11. The zero-order chi connectivity index (χ0) is 27.6. The highest BCUT2D eigenvalue weighted by Crippen LogP contribution is 2.35. The predicted octanol–water partition coefficient (Wildman–Crippen LogP) is 2.48. The second-order valence-corrected chi connectivity index (χ2v) is 11.8. The molecule has 2 amide bonds. The van der Waals surface area contributed by atoms with Gasteiger partial charge in [0.1, 0.15) is 17.7 Å². The maximum absolute atomic E-state index is 13.8. The van der Waals surface area contributed by atoms with Crippen molar-refractivity contribution >= 4 is 29.4 Å². The second-order valence-electron chi connectivity index (χ2n) is 11.8. The van der Waals surface area contributed by atoms with E-state index < -0.39 is 23.7 Å². The smallest absolute Gasteiger partial charge is 0.329 e. The molecule has 0 spiro atoms. The van der Waals surface area contributed by atoms with Crippen LogP contribution in [0.4, 0.5) is 5.69 Å². The average molecular weight is 529 g/mol. The molecule has 0 aliphatic carbocycles. The van der Waals surface area contributed by atoms with E-state index in [0.29, 0.717) is 36.1 Å². The molecule has 0 aromatic heterocycles. The molecule has 38 heavy (non-hydrogen) atoms. The summed E-state index contributed by atoms with van der Waals surface area (Å²) in [5, 5.41) is 15.6. The molecule has 2 saturated heterocycles. The van der Waals surface area contributed by atoms with Crippen LogP contribution < -0.4 is 10.6 Å². The Hall–Kier alpha value is -3.14. The fraction of sp³-hybridized carbons (Fsp3) is 0.643. The first-order valence-electron chi connectivity index (χ1n) is 13.5. The van der Waals surface area contributed by atoms with Crippen LogP contribution in [0.3, 0.4) is 0 Å². The van der Waals surface area contributed by atoms with E-state index in [-0.39, 0.29) is 30.7 Å². The Kier molecular flexibility index (Phi) is 8.30. The number of carbonyl (C=O) groups excluding carboxylic acids is 3. The number of rotatable bonds is 5. The Bertz CT molecular complexity index is 1080. The second kappa shape index (κ2) is 11.3. The highest BCUT2D eigenvalue weighted by atomic mass is 16.6. The third-order valence-corrected chi connectivity index (χ3v) is 7.78. The van der Waals surface area contributed by atoms with Crippen molar-refractivity contribution in [3.05, 3.63) is 29.3 Å². The number of fused-ring (bicyclic) bond motifs is 1. The van der Waals surface area contributed by atoms with Crippen LogP contribution in [0, 0.1) is 11.8 Å². The Morgan fingerprint density at radius 3 is 2.47 bits per heavy atom. The van der Waals surface area contributed by atoms with Gasteiger partial charge in [0.05, 0.1) is 6.42 Å². The lowest BCUT2D eigenvalue weighted by Gasteiger charge is -2.42. The quantitative estimate of drug-likeness (QED) is 0.498. The van der Waals surface area contributed by atoms with Crippen LogP contribution in [-0.4, -0.2) is 83.0 Å². The summed E-state index contributed by atoms with van der Waals surface area (Å²) < 4.78 is 5.76. The number of likely N-dealkylation sites (tertiary alicyclic amines) is 1. The molecular weight excluding hydrogens is 488 g/mol. The third kappa shape index (κ3) is 6.46. The molecule has 1 aromatic rings. The largest absolute Gasteiger partial charge is 0.481 e. The molecule has 208 valence electrons. The molecule has 4 rings (SSSR count). The molecular formula is C28H40N4O6. The van der Waals surface area contributed by atoms with Crippen molar-refractivity contribution < 1.29 is 29.0 Å². The first-order chi connectivity index (χ1) is 17.9. The third-order valence-electron chi connectivity index (χ3n) is 7.78. The molecule has 3 atom stereocenters. The van der Waals surface area contributed by atoms with Crippen LogP contribution in [0.2, 0.25) is 0 Å². The molecule has 0 saturated carbocycles. The Morgan fingerprint density at radius 1 is 1.11 bits per heavy atom. The van der Waals surface area contributed by atoms with Gasteiger partial charge in [0, 0.05) is 31.4 Å². The number of amides is 2. The van der Waals surface area contributed by atoms with Crippen LogP contribution in [-0.2, 0) is 25.7 Å². The zero-order valence-corrected chi connectivity index (χ0v) is 22.8. The van der Waals surface area contributed by atoms with Crippen LogP contribution in [0.15, 0.2) is 18.2 Å². The Morgan fingerprint density at radius 2 is 1.82 bits per heavy atom. The van der Waals surface area contributed by atoms with E-state index in [4.69, 9.17) is 4.74 Å². The maximum atomic E-state index is 13.8. The summed E-state index contributed by atoms with van der Waals surface area (Å²) in [5.41, 5.74) is 1.11. The van der Waals surface area contributed by atoms with Gasteiger partial charge in [-0.1, -0.05) is 0 Å². The van der Waals surface area contributed by atoms with Crippen LogP contribution in [0.1, 0.15) is 68.8 Å². The van der Waals surface area contributed by atoms with Gasteiger partial charge < -0.3 is 30.3 Å². The van der Waals surface area contributed by atoms with Gasteiger partial charge in [-0.3, -0.25) is 14.4 Å². The topological polar surface area (TPSA) is 128 Å². The predicted molar refractivity (Wildman–Crippen MR) is 142 cm³/mol. The van der Waals surface area contributed by atoms with Crippen molar-refractivity contribution in [3.63, 3.8) is 0 Å². The highest BCUT2D eigenvalue weighted by molar-refractivity contribution is 5.98. The monoisotopic (exact) mass is 528 g/mol. The SMILES string of the molecule is CN1Cc2cc(C(=O)N3CCC(C4CCNCC4)C[C@@H]3C(=O)OC(C)(C)C)ccc2N[C@@H](CC(=O)O)C1=O. The molecule has 3 heterocycles. The summed E-state index contributed by atoms with van der Waals surface area (Å²) in [6.45, 7) is 8.18. The van der Waals surface area contributed by atoms with E-state index in [1.807, 2.05) is 20.8 Å². The summed E-state index contributed by atoms with van der Waals surface area (Å²) in [6.07, 6.45) is 3.24. The summed E-state index contributed by atoms with van der Waals surface area (Å²) in [4.78, 5) is 54.2. The molecule has 3 N–H and O–H groups in total. The first-order valence-corrected chi connectivity index (χ1v) is 13.5. The number of anilines is 1. The van der Waals surface area contributed by atoms with Crippen molar-refractivity contribution in [3.8, 4) is 0 Å². The number of hydrogen-bond donors (Lipinski definition) is 3. The number of carboxylic acid groups (broad SMARTS) is 1. The maximum Gasteiger partial charge on any atom is 0.329 e. The number of ether oxygens (including phenoxy) is 1. The van der Waals surface area contributed by atoms with E-state index in [9.17, 15) is 24.3 Å². The van der Waals surface area contributed by atoms with Crippen molar-refractivity contribution in [1.82, 2.24) is 15.1 Å². The molecule has 1 aromatic carbocycles. The number of nitrogens with one attached hydrogen (secondary N) is 2. The number of esters is 1. The van der Waals surface area contributed by atoms with E-state index in [1.54, 1.807) is 30.1 Å². The van der Waals surface area contributed by atoms with Gasteiger partial charge >= 0.3 is 11.9 Å². The minimum atomic E-state index is -1.07. The van der Waals surface area contributed by atoms with Crippen molar-refractivity contribution in [1.29, 1.82) is 0 Å². The number of nitrogens with zero attached hydrogens (tertiary/aromatic N) is 2.